The molecule has 1 amide bonds. The van der Waals surface area contributed by atoms with Crippen molar-refractivity contribution in [3.63, 3.8) is 0 Å². The first kappa shape index (κ1) is 21.0. The number of Topliss-reactive ketones (excluding diaryl/α,β-unsaturated/α-hetero) is 1. The van der Waals surface area contributed by atoms with Crippen LogP contribution in [0.3, 0.4) is 0 Å². The molecule has 1 heterocycles. The van der Waals surface area contributed by atoms with E-state index in [1.807, 2.05) is 30.3 Å². The first-order valence-electron chi connectivity index (χ1n) is 9.36. The molecule has 0 aliphatic carbocycles. The molecule has 1 aliphatic rings. The van der Waals surface area contributed by atoms with Crippen LogP contribution in [0.2, 0.25) is 0 Å². The minimum absolute atomic E-state index is 0.0456. The number of carbonyl (C=O) groups excluding carboxylic acids is 3. The Morgan fingerprint density at radius 2 is 1.83 bits per heavy atom. The number of rotatable bonds is 8. The van der Waals surface area contributed by atoms with Crippen LogP contribution in [0.4, 0.5) is 4.39 Å². The zero-order valence-electron chi connectivity index (χ0n) is 15.7. The number of esters is 1. The predicted molar refractivity (Wildman–Crippen MR) is 106 cm³/mol. The molecule has 1 saturated heterocycles. The number of alkyl halides is 1. The van der Waals surface area contributed by atoms with Gasteiger partial charge in [-0.15, -0.1) is 11.6 Å². The van der Waals surface area contributed by atoms with Crippen LogP contribution in [0.15, 0.2) is 54.6 Å². The molecule has 1 fully saturated rings. The van der Waals surface area contributed by atoms with Crippen LogP contribution in [-0.4, -0.2) is 41.1 Å². The third kappa shape index (κ3) is 5.41. The van der Waals surface area contributed by atoms with E-state index < -0.39 is 29.6 Å². The molecule has 2 atom stereocenters. The standard InChI is InChI=1S/C22H21ClFNO4/c23-11-10-19(21(27)16-6-8-18(24)9-7-16)29-22(28)17-12-20(26)25(14-17)13-15-4-2-1-3-5-15/h1-9,17,19H,10-14H2/t17-,19+/m1/s1. The minimum Gasteiger partial charge on any atom is -0.454 e. The summed E-state index contributed by atoms with van der Waals surface area (Å²) >= 11 is 5.77. The summed E-state index contributed by atoms with van der Waals surface area (Å²) in [5, 5.41) is 0. The zero-order valence-corrected chi connectivity index (χ0v) is 16.5. The van der Waals surface area contributed by atoms with E-state index in [1.54, 1.807) is 4.90 Å². The number of nitrogens with zero attached hydrogens (tertiary/aromatic N) is 1. The number of likely N-dealkylation sites (tertiary alicyclic amines) is 1. The third-order valence-corrected chi connectivity index (χ3v) is 5.03. The van der Waals surface area contributed by atoms with Gasteiger partial charge in [-0.1, -0.05) is 30.3 Å². The number of carbonyl (C=O) groups is 3. The van der Waals surface area contributed by atoms with Gasteiger partial charge in [0, 0.05) is 37.4 Å². The number of benzene rings is 2. The van der Waals surface area contributed by atoms with Gasteiger partial charge >= 0.3 is 5.97 Å². The van der Waals surface area contributed by atoms with E-state index in [-0.39, 0.29) is 36.7 Å². The van der Waals surface area contributed by atoms with Gasteiger partial charge in [0.1, 0.15) is 5.82 Å². The molecule has 5 nitrogen and oxygen atoms in total. The van der Waals surface area contributed by atoms with Crippen LogP contribution >= 0.6 is 11.6 Å². The van der Waals surface area contributed by atoms with Gasteiger partial charge in [-0.2, -0.15) is 0 Å². The number of amides is 1. The Labute approximate surface area is 173 Å². The summed E-state index contributed by atoms with van der Waals surface area (Å²) in [6.07, 6.45) is -0.884. The Bertz CT molecular complexity index is 872. The highest BCUT2D eigenvalue weighted by atomic mass is 35.5. The quantitative estimate of drug-likeness (QED) is 0.374. The maximum Gasteiger partial charge on any atom is 0.311 e. The molecular formula is C22H21ClFNO4. The van der Waals surface area contributed by atoms with Crippen molar-refractivity contribution >= 4 is 29.3 Å². The van der Waals surface area contributed by atoms with E-state index in [1.165, 1.54) is 24.3 Å². The zero-order chi connectivity index (χ0) is 20.8. The van der Waals surface area contributed by atoms with Crippen LogP contribution in [0, 0.1) is 11.7 Å². The van der Waals surface area contributed by atoms with Crippen molar-refractivity contribution in [1.82, 2.24) is 4.90 Å². The molecule has 152 valence electrons. The SMILES string of the molecule is O=C(O[C@@H](CCCl)C(=O)c1ccc(F)cc1)[C@@H]1CC(=O)N(Cc2ccccc2)C1. The molecule has 0 spiro atoms. The van der Waals surface area contributed by atoms with Crippen molar-refractivity contribution in [3.8, 4) is 0 Å². The number of hydrogen-bond acceptors (Lipinski definition) is 4. The highest BCUT2D eigenvalue weighted by Gasteiger charge is 2.37. The normalized spacial score (nSPS) is 17.2. The van der Waals surface area contributed by atoms with Crippen molar-refractivity contribution < 1.29 is 23.5 Å². The molecule has 1 aliphatic heterocycles. The molecule has 0 radical (unpaired) electrons. The van der Waals surface area contributed by atoms with E-state index in [4.69, 9.17) is 16.3 Å². The number of hydrogen-bond donors (Lipinski definition) is 0. The van der Waals surface area contributed by atoms with Gasteiger partial charge in [0.2, 0.25) is 11.7 Å². The fourth-order valence-corrected chi connectivity index (χ4v) is 3.46. The second-order valence-corrected chi connectivity index (χ2v) is 7.31. The highest BCUT2D eigenvalue weighted by molar-refractivity contribution is 6.18. The summed E-state index contributed by atoms with van der Waals surface area (Å²) in [5.74, 6) is -2.15. The second kappa shape index (κ2) is 9.65. The first-order chi connectivity index (χ1) is 14.0. The minimum atomic E-state index is -1.07. The van der Waals surface area contributed by atoms with Crippen molar-refractivity contribution in [1.29, 1.82) is 0 Å². The first-order valence-corrected chi connectivity index (χ1v) is 9.89. The van der Waals surface area contributed by atoms with Gasteiger partial charge in [0.15, 0.2) is 6.10 Å². The lowest BCUT2D eigenvalue weighted by molar-refractivity contribution is -0.151. The molecule has 0 aromatic heterocycles. The second-order valence-electron chi connectivity index (χ2n) is 6.94. The van der Waals surface area contributed by atoms with Crippen LogP contribution < -0.4 is 0 Å². The van der Waals surface area contributed by atoms with E-state index in [2.05, 4.69) is 0 Å². The van der Waals surface area contributed by atoms with Crippen molar-refractivity contribution in [2.45, 2.75) is 25.5 Å². The van der Waals surface area contributed by atoms with Crippen molar-refractivity contribution in [2.75, 3.05) is 12.4 Å². The predicted octanol–water partition coefficient (Wildman–Crippen LogP) is 3.60. The summed E-state index contributed by atoms with van der Waals surface area (Å²) < 4.78 is 18.5. The average Bonchev–Trinajstić information content (AvgIpc) is 3.09. The third-order valence-electron chi connectivity index (χ3n) is 4.81. The Kier molecular flexibility index (Phi) is 6.99. The molecule has 7 heteroatoms. The maximum atomic E-state index is 13.1. The van der Waals surface area contributed by atoms with E-state index >= 15 is 0 Å². The largest absolute Gasteiger partial charge is 0.454 e. The fourth-order valence-electron chi connectivity index (χ4n) is 3.27. The molecular weight excluding hydrogens is 397 g/mol. The summed E-state index contributed by atoms with van der Waals surface area (Å²) in [7, 11) is 0. The Morgan fingerprint density at radius 1 is 1.14 bits per heavy atom. The highest BCUT2D eigenvalue weighted by Crippen LogP contribution is 2.23. The summed E-state index contributed by atoms with van der Waals surface area (Å²) in [4.78, 5) is 39.1. The average molecular weight is 418 g/mol. The Balaban J connectivity index is 1.63. The van der Waals surface area contributed by atoms with Crippen molar-refractivity contribution in [3.05, 3.63) is 71.5 Å². The van der Waals surface area contributed by atoms with E-state index in [9.17, 15) is 18.8 Å². The monoisotopic (exact) mass is 417 g/mol. The lowest BCUT2D eigenvalue weighted by Gasteiger charge is -2.19. The smallest absolute Gasteiger partial charge is 0.311 e. The molecule has 0 saturated carbocycles. The number of ether oxygens (including phenoxy) is 1. The van der Waals surface area contributed by atoms with Gasteiger partial charge in [-0.05, 0) is 29.8 Å². The maximum absolute atomic E-state index is 13.1. The fraction of sp³-hybridized carbons (Fsp3) is 0.318. The van der Waals surface area contributed by atoms with E-state index in [0.717, 1.165) is 5.56 Å². The lowest BCUT2D eigenvalue weighted by Crippen LogP contribution is -2.32. The Morgan fingerprint density at radius 3 is 2.48 bits per heavy atom. The number of halogens is 2. The van der Waals surface area contributed by atoms with Crippen molar-refractivity contribution in [2.24, 2.45) is 5.92 Å². The molecule has 29 heavy (non-hydrogen) atoms. The lowest BCUT2D eigenvalue weighted by atomic mass is 10.0. The van der Waals surface area contributed by atoms with Crippen LogP contribution in [0.5, 0.6) is 0 Å². The van der Waals surface area contributed by atoms with Gasteiger partial charge < -0.3 is 9.64 Å². The summed E-state index contributed by atoms with van der Waals surface area (Å²) in [6, 6.07) is 14.5. The van der Waals surface area contributed by atoms with Crippen LogP contribution in [0.1, 0.15) is 28.8 Å². The van der Waals surface area contributed by atoms with E-state index in [0.29, 0.717) is 6.54 Å². The summed E-state index contributed by atoms with van der Waals surface area (Å²) in [6.45, 7) is 0.661. The van der Waals surface area contributed by atoms with Crippen LogP contribution in [-0.2, 0) is 20.9 Å². The molecule has 0 unspecified atom stereocenters. The molecule has 2 aromatic rings. The Hall–Kier alpha value is -2.73. The topological polar surface area (TPSA) is 63.7 Å². The van der Waals surface area contributed by atoms with Gasteiger partial charge in [0.05, 0.1) is 5.92 Å². The molecule has 3 rings (SSSR count). The summed E-state index contributed by atoms with van der Waals surface area (Å²) in [5.41, 5.74) is 1.21. The van der Waals surface area contributed by atoms with Gasteiger partial charge in [-0.25, -0.2) is 4.39 Å². The molecule has 0 N–H and O–H groups in total. The van der Waals surface area contributed by atoms with Crippen LogP contribution in [0.25, 0.3) is 0 Å². The number of ketones is 1. The molecule has 0 bridgehead atoms. The van der Waals surface area contributed by atoms with Gasteiger partial charge in [0.25, 0.3) is 0 Å². The molecule has 2 aromatic carbocycles. The van der Waals surface area contributed by atoms with Gasteiger partial charge in [-0.3, -0.25) is 14.4 Å².